The smallest absolute Gasteiger partial charge is 0.328 e. The van der Waals surface area contributed by atoms with E-state index in [9.17, 15) is 9.59 Å². The summed E-state index contributed by atoms with van der Waals surface area (Å²) in [7, 11) is 1.23. The average Bonchev–Trinajstić information content (AvgIpc) is 2.13. The first-order valence-electron chi connectivity index (χ1n) is 4.64. The lowest BCUT2D eigenvalue weighted by Gasteiger charge is -2.20. The predicted molar refractivity (Wildman–Crippen MR) is 63.7 cm³/mol. The number of amides is 1. The van der Waals surface area contributed by atoms with Crippen LogP contribution in [0.4, 0.5) is 0 Å². The van der Waals surface area contributed by atoms with Crippen LogP contribution in [0.3, 0.4) is 0 Å². The van der Waals surface area contributed by atoms with Crippen LogP contribution in [0.1, 0.15) is 20.3 Å². The summed E-state index contributed by atoms with van der Waals surface area (Å²) in [6.45, 7) is 3.80. The molecule has 0 rings (SSSR count). The second kappa shape index (κ2) is 6.52. The number of esters is 1. The summed E-state index contributed by atoms with van der Waals surface area (Å²) < 4.78 is 2.46. The number of halogens is 3. The maximum absolute atomic E-state index is 11.4. The number of alkyl halides is 3. The highest BCUT2D eigenvalue weighted by Crippen LogP contribution is 2.26. The summed E-state index contributed by atoms with van der Waals surface area (Å²) in [4.78, 5) is 22.7. The van der Waals surface area contributed by atoms with Gasteiger partial charge in [0.15, 0.2) is 0 Å². The van der Waals surface area contributed by atoms with Gasteiger partial charge in [0.25, 0.3) is 9.70 Å². The molecule has 0 aliphatic carbocycles. The van der Waals surface area contributed by atoms with Gasteiger partial charge in [0.05, 0.1) is 7.11 Å². The highest BCUT2D eigenvalue weighted by atomic mass is 35.6. The van der Waals surface area contributed by atoms with Gasteiger partial charge in [-0.25, -0.2) is 4.79 Å². The topological polar surface area (TPSA) is 55.4 Å². The molecule has 1 amide bonds. The third kappa shape index (κ3) is 5.77. The van der Waals surface area contributed by atoms with Crippen molar-refractivity contribution in [3.63, 3.8) is 0 Å². The van der Waals surface area contributed by atoms with Crippen LogP contribution < -0.4 is 5.32 Å². The number of carbonyl (C=O) groups excluding carboxylic acids is 2. The minimum atomic E-state index is -2.08. The Kier molecular flexibility index (Phi) is 6.44. The zero-order chi connectivity index (χ0) is 12.9. The Morgan fingerprint density at radius 1 is 1.31 bits per heavy atom. The van der Waals surface area contributed by atoms with E-state index in [1.165, 1.54) is 7.11 Å². The molecule has 1 atom stereocenters. The molecule has 16 heavy (non-hydrogen) atoms. The van der Waals surface area contributed by atoms with E-state index in [0.717, 1.165) is 0 Å². The highest BCUT2D eigenvalue weighted by Gasteiger charge is 2.34. The van der Waals surface area contributed by atoms with E-state index in [-0.39, 0.29) is 5.92 Å². The van der Waals surface area contributed by atoms with Gasteiger partial charge in [0.1, 0.15) is 6.04 Å². The van der Waals surface area contributed by atoms with E-state index in [4.69, 9.17) is 34.8 Å². The monoisotopic (exact) mass is 289 g/mol. The molecule has 0 aliphatic heterocycles. The summed E-state index contributed by atoms with van der Waals surface area (Å²) >= 11 is 16.1. The minimum Gasteiger partial charge on any atom is -0.467 e. The van der Waals surface area contributed by atoms with Gasteiger partial charge in [-0.2, -0.15) is 0 Å². The maximum Gasteiger partial charge on any atom is 0.328 e. The van der Waals surface area contributed by atoms with Crippen LogP contribution in [0.25, 0.3) is 0 Å². The van der Waals surface area contributed by atoms with E-state index >= 15 is 0 Å². The number of ether oxygens (including phenoxy) is 1. The number of hydrogen-bond donors (Lipinski definition) is 1. The van der Waals surface area contributed by atoms with Crippen LogP contribution in [-0.2, 0) is 14.3 Å². The minimum absolute atomic E-state index is 0.194. The molecule has 0 aliphatic rings. The standard InChI is InChI=1S/C9H14Cl3NO3/c1-5(2)4-6(7(14)16-3)13-8(15)9(10,11)12/h5-6H,4H2,1-3H3,(H,13,15)/t6-/m0/s1. The van der Waals surface area contributed by atoms with Gasteiger partial charge in [-0.15, -0.1) is 0 Å². The second-order valence-corrected chi connectivity index (χ2v) is 5.96. The maximum atomic E-state index is 11.4. The van der Waals surface area contributed by atoms with E-state index in [0.29, 0.717) is 6.42 Å². The van der Waals surface area contributed by atoms with Crippen molar-refractivity contribution in [2.75, 3.05) is 7.11 Å². The van der Waals surface area contributed by atoms with Crippen LogP contribution in [0, 0.1) is 5.92 Å². The Labute approximate surface area is 110 Å². The molecule has 0 saturated heterocycles. The zero-order valence-electron chi connectivity index (χ0n) is 9.22. The third-order valence-electron chi connectivity index (χ3n) is 1.76. The zero-order valence-corrected chi connectivity index (χ0v) is 11.5. The first-order valence-corrected chi connectivity index (χ1v) is 5.77. The number of nitrogens with one attached hydrogen (secondary N) is 1. The molecule has 1 N–H and O–H groups in total. The predicted octanol–water partition coefficient (Wildman–Crippen LogP) is 2.06. The fourth-order valence-electron chi connectivity index (χ4n) is 1.07. The van der Waals surface area contributed by atoms with Gasteiger partial charge in [-0.05, 0) is 12.3 Å². The van der Waals surface area contributed by atoms with Crippen LogP contribution in [-0.4, -0.2) is 28.8 Å². The largest absolute Gasteiger partial charge is 0.467 e. The third-order valence-corrected chi connectivity index (χ3v) is 2.27. The molecule has 0 aromatic heterocycles. The van der Waals surface area contributed by atoms with Gasteiger partial charge < -0.3 is 10.1 Å². The number of carbonyl (C=O) groups is 2. The summed E-state index contributed by atoms with van der Waals surface area (Å²) in [5.41, 5.74) is 0. The highest BCUT2D eigenvalue weighted by molar-refractivity contribution is 6.76. The quantitative estimate of drug-likeness (QED) is 0.637. The molecule has 0 aromatic carbocycles. The molecule has 4 nitrogen and oxygen atoms in total. The Hall–Kier alpha value is -0.190. The fraction of sp³-hybridized carbons (Fsp3) is 0.778. The molecule has 0 saturated carbocycles. The molecule has 0 unspecified atom stereocenters. The molecule has 0 bridgehead atoms. The van der Waals surface area contributed by atoms with Gasteiger partial charge in [0, 0.05) is 0 Å². The van der Waals surface area contributed by atoms with Crippen molar-refractivity contribution in [1.29, 1.82) is 0 Å². The van der Waals surface area contributed by atoms with Crippen molar-refractivity contribution < 1.29 is 14.3 Å². The Balaban J connectivity index is 4.55. The second-order valence-electron chi connectivity index (χ2n) is 3.68. The van der Waals surface area contributed by atoms with Crippen molar-refractivity contribution in [3.05, 3.63) is 0 Å². The van der Waals surface area contributed by atoms with Crippen LogP contribution >= 0.6 is 34.8 Å². The molecule has 0 spiro atoms. The van der Waals surface area contributed by atoms with Crippen molar-refractivity contribution >= 4 is 46.7 Å². The van der Waals surface area contributed by atoms with Crippen LogP contribution in [0.2, 0.25) is 0 Å². The summed E-state index contributed by atoms with van der Waals surface area (Å²) in [5, 5.41) is 2.33. The molecular formula is C9H14Cl3NO3. The van der Waals surface area contributed by atoms with Gasteiger partial charge >= 0.3 is 5.97 Å². The number of rotatable bonds is 4. The Morgan fingerprint density at radius 3 is 2.12 bits per heavy atom. The summed E-state index contributed by atoms with van der Waals surface area (Å²) in [5.74, 6) is -1.20. The lowest BCUT2D eigenvalue weighted by Crippen LogP contribution is -2.46. The summed E-state index contributed by atoms with van der Waals surface area (Å²) in [6, 6.07) is -0.798. The SMILES string of the molecule is COC(=O)[C@H](CC(C)C)NC(=O)C(Cl)(Cl)Cl. The molecule has 0 radical (unpaired) electrons. The molecule has 0 heterocycles. The van der Waals surface area contributed by atoms with Crippen LogP contribution in [0.5, 0.6) is 0 Å². The molecule has 94 valence electrons. The van der Waals surface area contributed by atoms with E-state index < -0.39 is 21.7 Å². The molecule has 0 fully saturated rings. The Morgan fingerprint density at radius 2 is 1.81 bits per heavy atom. The van der Waals surface area contributed by atoms with Crippen molar-refractivity contribution in [1.82, 2.24) is 5.32 Å². The van der Waals surface area contributed by atoms with Crippen molar-refractivity contribution in [2.24, 2.45) is 5.92 Å². The normalized spacial score (nSPS) is 13.4. The lowest BCUT2D eigenvalue weighted by molar-refractivity contribution is -0.145. The van der Waals surface area contributed by atoms with Crippen molar-refractivity contribution in [2.45, 2.75) is 30.1 Å². The van der Waals surface area contributed by atoms with Gasteiger partial charge in [-0.1, -0.05) is 48.7 Å². The molecule has 0 aromatic rings. The van der Waals surface area contributed by atoms with E-state index in [1.54, 1.807) is 0 Å². The lowest BCUT2D eigenvalue weighted by atomic mass is 10.0. The van der Waals surface area contributed by atoms with Crippen molar-refractivity contribution in [3.8, 4) is 0 Å². The number of methoxy groups -OCH3 is 1. The first kappa shape index (κ1) is 15.8. The first-order chi connectivity index (χ1) is 7.18. The van der Waals surface area contributed by atoms with E-state index in [2.05, 4.69) is 10.1 Å². The molecule has 7 heteroatoms. The Bertz CT molecular complexity index is 263. The number of hydrogen-bond acceptors (Lipinski definition) is 3. The summed E-state index contributed by atoms with van der Waals surface area (Å²) in [6.07, 6.45) is 0.416. The average molecular weight is 291 g/mol. The molecular weight excluding hydrogens is 276 g/mol. The fourth-order valence-corrected chi connectivity index (χ4v) is 1.23. The van der Waals surface area contributed by atoms with Gasteiger partial charge in [0.2, 0.25) is 0 Å². The van der Waals surface area contributed by atoms with Gasteiger partial charge in [-0.3, -0.25) is 4.79 Å². The van der Waals surface area contributed by atoms with E-state index in [1.807, 2.05) is 13.8 Å². The van der Waals surface area contributed by atoms with Crippen LogP contribution in [0.15, 0.2) is 0 Å².